The van der Waals surface area contributed by atoms with Crippen molar-refractivity contribution in [3.63, 3.8) is 0 Å². The summed E-state index contributed by atoms with van der Waals surface area (Å²) in [5, 5.41) is 2.19. The summed E-state index contributed by atoms with van der Waals surface area (Å²) in [6, 6.07) is 51.1. The molecule has 0 radical (unpaired) electrons. The highest BCUT2D eigenvalue weighted by molar-refractivity contribution is 6.18. The Balaban J connectivity index is 1.24. The molecule has 0 saturated carbocycles. The van der Waals surface area contributed by atoms with Crippen molar-refractivity contribution >= 4 is 22.4 Å². The molecule has 6 aromatic carbocycles. The first-order valence-electron chi connectivity index (χ1n) is 18.2. The van der Waals surface area contributed by atoms with Crippen LogP contribution in [-0.2, 0) is 73.1 Å². The molecule has 6 aromatic rings. The fourth-order valence-corrected chi connectivity index (χ4v) is 7.74. The molecule has 0 amide bonds. The summed E-state index contributed by atoms with van der Waals surface area (Å²) in [5.41, 5.74) is 7.12. The molecular weight excluding hydrogens is 684 g/mol. The summed E-state index contributed by atoms with van der Waals surface area (Å²) in [7, 11) is 0. The summed E-state index contributed by atoms with van der Waals surface area (Å²) in [5.74, 6) is -1.01. The zero-order valence-corrected chi connectivity index (χ0v) is 30.3. The van der Waals surface area contributed by atoms with Crippen molar-refractivity contribution in [2.75, 3.05) is 6.61 Å². The molecule has 270 valence electrons. The lowest BCUT2D eigenvalue weighted by Crippen LogP contribution is -2.65. The molecule has 0 aliphatic carbocycles. The fraction of sp³-hybridized carbons (Fsp3) is 0.261. The lowest BCUT2D eigenvalue weighted by Gasteiger charge is -2.51. The third-order valence-electron chi connectivity index (χ3n) is 10.1. The minimum Gasteiger partial charge on any atom is -0.374 e. The largest absolute Gasteiger partial charge is 0.374 e. The predicted octanol–water partition coefficient (Wildman–Crippen LogP) is 9.63. The van der Waals surface area contributed by atoms with Gasteiger partial charge in [-0.1, -0.05) is 146 Å². The van der Waals surface area contributed by atoms with E-state index in [4.69, 9.17) is 40.0 Å². The van der Waals surface area contributed by atoms with Crippen molar-refractivity contribution in [3.8, 4) is 0 Å². The van der Waals surface area contributed by atoms with Crippen LogP contribution in [0.1, 0.15) is 38.9 Å². The van der Waals surface area contributed by atoms with Crippen LogP contribution in [-0.4, -0.2) is 31.0 Å². The molecule has 8 rings (SSSR count). The Hall–Kier alpha value is -4.37. The van der Waals surface area contributed by atoms with Crippen LogP contribution in [0.25, 0.3) is 10.8 Å². The van der Waals surface area contributed by atoms with E-state index in [2.05, 4.69) is 72.8 Å². The molecule has 0 aromatic heterocycles. The van der Waals surface area contributed by atoms with Gasteiger partial charge in [-0.2, -0.15) is 0 Å². The SMILES string of the molecule is ClCc1cc2c(c3ccccc13)CO[C@]21O[C@H](COCc2ccccc2)[C@H](OCc2ccccc2)[C@H](OCc2ccccc2)[C@H]1OCc1ccccc1. The van der Waals surface area contributed by atoms with Crippen LogP contribution in [0, 0.1) is 0 Å². The molecule has 2 heterocycles. The molecule has 53 heavy (non-hydrogen) atoms. The van der Waals surface area contributed by atoms with E-state index >= 15 is 0 Å². The van der Waals surface area contributed by atoms with E-state index in [1.54, 1.807) is 0 Å². The zero-order valence-electron chi connectivity index (χ0n) is 29.5. The quantitative estimate of drug-likeness (QED) is 0.104. The van der Waals surface area contributed by atoms with Gasteiger partial charge in [-0.15, -0.1) is 11.6 Å². The summed E-state index contributed by atoms with van der Waals surface area (Å²) in [6.07, 6.45) is -2.53. The minimum absolute atomic E-state index is 0.237. The minimum atomic E-state index is -1.34. The monoisotopic (exact) mass is 726 g/mol. The number of alkyl halides is 1. The molecule has 1 fully saturated rings. The van der Waals surface area contributed by atoms with E-state index in [-0.39, 0.29) is 6.61 Å². The van der Waals surface area contributed by atoms with Crippen molar-refractivity contribution in [1.29, 1.82) is 0 Å². The maximum Gasteiger partial charge on any atom is 0.226 e. The highest BCUT2D eigenvalue weighted by Gasteiger charge is 2.61. The predicted molar refractivity (Wildman–Crippen MR) is 206 cm³/mol. The lowest BCUT2D eigenvalue weighted by atomic mass is 9.84. The van der Waals surface area contributed by atoms with E-state index < -0.39 is 30.2 Å². The van der Waals surface area contributed by atoms with Gasteiger partial charge in [0.1, 0.15) is 24.4 Å². The molecule has 0 unspecified atom stereocenters. The molecular formula is C46H43ClO6. The molecule has 2 aliphatic rings. The first-order valence-corrected chi connectivity index (χ1v) is 18.8. The topological polar surface area (TPSA) is 55.4 Å². The standard InChI is InChI=1S/C46H43ClO6/c47-26-37-25-41-40(39-24-14-13-23-38(37)39)31-52-46(41)45(51-30-36-21-11-4-12-22-36)44(50-29-35-19-9-3-10-20-35)43(49-28-34-17-7-2-8-18-34)42(53-46)32-48-27-33-15-5-1-6-16-33/h1-25,42-45H,26-32H2/t42-,43+,44+,45-,46+/m1/s1. The van der Waals surface area contributed by atoms with Gasteiger partial charge in [-0.05, 0) is 50.2 Å². The number of ether oxygens (including phenoxy) is 6. The second-order valence-corrected chi connectivity index (χ2v) is 13.9. The molecule has 2 aliphatic heterocycles. The number of rotatable bonds is 14. The van der Waals surface area contributed by atoms with E-state index in [1.807, 2.05) is 78.9 Å². The molecule has 1 saturated heterocycles. The summed E-state index contributed by atoms with van der Waals surface area (Å²) >= 11 is 6.66. The molecule has 1 spiro atoms. The van der Waals surface area contributed by atoms with Gasteiger partial charge in [0.15, 0.2) is 0 Å². The average molecular weight is 727 g/mol. The molecule has 7 heteroatoms. The second kappa shape index (κ2) is 16.8. The van der Waals surface area contributed by atoms with E-state index in [0.29, 0.717) is 38.9 Å². The van der Waals surface area contributed by atoms with Gasteiger partial charge in [0.2, 0.25) is 5.79 Å². The first kappa shape index (κ1) is 35.6. The van der Waals surface area contributed by atoms with Crippen molar-refractivity contribution in [3.05, 3.63) is 191 Å². The Morgan fingerprint density at radius 3 is 1.62 bits per heavy atom. The van der Waals surface area contributed by atoms with Gasteiger partial charge in [-0.3, -0.25) is 0 Å². The zero-order chi connectivity index (χ0) is 35.9. The molecule has 6 nitrogen and oxygen atoms in total. The van der Waals surface area contributed by atoms with Gasteiger partial charge in [-0.25, -0.2) is 0 Å². The fourth-order valence-electron chi connectivity index (χ4n) is 7.52. The molecule has 5 atom stereocenters. The smallest absolute Gasteiger partial charge is 0.226 e. The maximum atomic E-state index is 7.31. The van der Waals surface area contributed by atoms with E-state index in [1.165, 1.54) is 0 Å². The van der Waals surface area contributed by atoms with Crippen molar-refractivity contribution < 1.29 is 28.4 Å². The van der Waals surface area contributed by atoms with Crippen LogP contribution in [0.15, 0.2) is 152 Å². The average Bonchev–Trinajstić information content (AvgIpc) is 3.58. The van der Waals surface area contributed by atoms with Crippen LogP contribution in [0.2, 0.25) is 0 Å². The Bertz CT molecular complexity index is 2060. The van der Waals surface area contributed by atoms with Crippen LogP contribution in [0.5, 0.6) is 0 Å². The first-order chi connectivity index (χ1) is 26.2. The van der Waals surface area contributed by atoms with Crippen LogP contribution in [0.4, 0.5) is 0 Å². The molecule has 0 N–H and O–H groups in total. The summed E-state index contributed by atoms with van der Waals surface area (Å²) in [4.78, 5) is 0. The summed E-state index contributed by atoms with van der Waals surface area (Å²) < 4.78 is 41.7. The second-order valence-electron chi connectivity index (χ2n) is 13.6. The number of hydrogen-bond donors (Lipinski definition) is 0. The highest BCUT2D eigenvalue weighted by Crippen LogP contribution is 2.51. The summed E-state index contributed by atoms with van der Waals surface area (Å²) in [6.45, 7) is 2.00. The van der Waals surface area contributed by atoms with Crippen molar-refractivity contribution in [2.24, 2.45) is 0 Å². The van der Waals surface area contributed by atoms with E-state index in [0.717, 1.165) is 49.7 Å². The Morgan fingerprint density at radius 1 is 0.566 bits per heavy atom. The lowest BCUT2D eigenvalue weighted by molar-refractivity contribution is -0.387. The number of hydrogen-bond acceptors (Lipinski definition) is 6. The van der Waals surface area contributed by atoms with Crippen LogP contribution < -0.4 is 0 Å². The van der Waals surface area contributed by atoms with Gasteiger partial charge in [0, 0.05) is 11.4 Å². The highest BCUT2D eigenvalue weighted by atomic mass is 35.5. The Labute approximate surface area is 316 Å². The normalized spacial score (nSPS) is 22.3. The van der Waals surface area contributed by atoms with Crippen molar-refractivity contribution in [1.82, 2.24) is 0 Å². The van der Waals surface area contributed by atoms with E-state index in [9.17, 15) is 0 Å². The number of halogens is 1. The van der Waals surface area contributed by atoms with Crippen molar-refractivity contribution in [2.45, 2.75) is 69.1 Å². The van der Waals surface area contributed by atoms with Gasteiger partial charge in [0.25, 0.3) is 0 Å². The number of benzene rings is 6. The van der Waals surface area contributed by atoms with Gasteiger partial charge < -0.3 is 28.4 Å². The molecule has 0 bridgehead atoms. The van der Waals surface area contributed by atoms with Gasteiger partial charge in [0.05, 0.1) is 39.6 Å². The van der Waals surface area contributed by atoms with Crippen LogP contribution in [0.3, 0.4) is 0 Å². The number of fused-ring (bicyclic) bond motifs is 4. The Kier molecular flexibility index (Phi) is 11.3. The third-order valence-corrected chi connectivity index (χ3v) is 10.4. The van der Waals surface area contributed by atoms with Crippen LogP contribution >= 0.6 is 11.6 Å². The Morgan fingerprint density at radius 2 is 1.06 bits per heavy atom. The maximum absolute atomic E-state index is 7.31. The third kappa shape index (κ3) is 7.82. The van der Waals surface area contributed by atoms with Gasteiger partial charge >= 0.3 is 0 Å².